The first-order chi connectivity index (χ1) is 11.2. The summed E-state index contributed by atoms with van der Waals surface area (Å²) in [6.07, 6.45) is 3.58. The van der Waals surface area contributed by atoms with Crippen LogP contribution in [0.2, 0.25) is 0 Å². The second-order valence-corrected chi connectivity index (χ2v) is 6.92. The number of ether oxygens (including phenoxy) is 2. The fourth-order valence-electron chi connectivity index (χ4n) is 4.06. The molecule has 2 bridgehead atoms. The maximum absolute atomic E-state index is 12.1. The average molecular weight is 316 g/mol. The third kappa shape index (κ3) is 2.95. The summed E-state index contributed by atoms with van der Waals surface area (Å²) in [5.41, 5.74) is 4.14. The van der Waals surface area contributed by atoms with E-state index in [1.807, 2.05) is 0 Å². The highest BCUT2D eigenvalue weighted by Gasteiger charge is 2.33. The molecular weight excluding hydrogens is 292 g/mol. The average Bonchev–Trinajstić information content (AvgIpc) is 2.83. The Balaban J connectivity index is 1.57. The van der Waals surface area contributed by atoms with Crippen molar-refractivity contribution >= 4 is 5.91 Å². The second-order valence-electron chi connectivity index (χ2n) is 6.92. The summed E-state index contributed by atoms with van der Waals surface area (Å²) in [4.78, 5) is 14.5. The monoisotopic (exact) mass is 316 g/mol. The van der Waals surface area contributed by atoms with Gasteiger partial charge >= 0.3 is 0 Å². The molecule has 2 atom stereocenters. The summed E-state index contributed by atoms with van der Waals surface area (Å²) in [7, 11) is 1.75. The van der Waals surface area contributed by atoms with Gasteiger partial charge in [-0.25, -0.2) is 0 Å². The van der Waals surface area contributed by atoms with Crippen LogP contribution < -0.4 is 10.1 Å². The minimum atomic E-state index is -0.0667. The zero-order chi connectivity index (χ0) is 15.8. The minimum Gasteiger partial charge on any atom is -0.496 e. The SMILES string of the molecule is COc1cc2c(cc1CN1C[C@H]3COC[C@@H](C1)C(=O)N3)CCC2. The van der Waals surface area contributed by atoms with E-state index < -0.39 is 0 Å². The maximum atomic E-state index is 12.1. The molecule has 4 rings (SSSR count). The quantitative estimate of drug-likeness (QED) is 0.908. The minimum absolute atomic E-state index is 0.0667. The highest BCUT2D eigenvalue weighted by Crippen LogP contribution is 2.31. The smallest absolute Gasteiger partial charge is 0.227 e. The molecule has 23 heavy (non-hydrogen) atoms. The number of hydrogen-bond donors (Lipinski definition) is 1. The summed E-state index contributed by atoms with van der Waals surface area (Å²) in [5, 5.41) is 3.09. The van der Waals surface area contributed by atoms with Crippen molar-refractivity contribution in [3.05, 3.63) is 28.8 Å². The van der Waals surface area contributed by atoms with Gasteiger partial charge < -0.3 is 14.8 Å². The van der Waals surface area contributed by atoms with E-state index in [9.17, 15) is 4.79 Å². The van der Waals surface area contributed by atoms with Crippen molar-refractivity contribution in [1.29, 1.82) is 0 Å². The number of rotatable bonds is 3. The van der Waals surface area contributed by atoms with Gasteiger partial charge in [0.2, 0.25) is 5.91 Å². The molecule has 124 valence electrons. The number of carbonyl (C=O) groups is 1. The third-order valence-electron chi connectivity index (χ3n) is 5.20. The molecule has 0 unspecified atom stereocenters. The first kappa shape index (κ1) is 15.0. The van der Waals surface area contributed by atoms with E-state index in [-0.39, 0.29) is 17.9 Å². The van der Waals surface area contributed by atoms with Gasteiger partial charge in [-0.15, -0.1) is 0 Å². The number of fused-ring (bicyclic) bond motifs is 4. The second kappa shape index (κ2) is 6.13. The van der Waals surface area contributed by atoms with Gasteiger partial charge in [0.05, 0.1) is 32.3 Å². The molecule has 5 heteroatoms. The van der Waals surface area contributed by atoms with Crippen molar-refractivity contribution < 1.29 is 14.3 Å². The van der Waals surface area contributed by atoms with Crippen LogP contribution in [0.1, 0.15) is 23.1 Å². The van der Waals surface area contributed by atoms with E-state index >= 15 is 0 Å². The molecule has 0 radical (unpaired) electrons. The summed E-state index contributed by atoms with van der Waals surface area (Å²) in [5.74, 6) is 1.05. The molecule has 1 aromatic rings. The molecule has 2 heterocycles. The Kier molecular flexibility index (Phi) is 3.99. The molecule has 1 aliphatic carbocycles. The number of benzene rings is 1. The fourth-order valence-corrected chi connectivity index (χ4v) is 4.06. The Hall–Kier alpha value is -1.59. The van der Waals surface area contributed by atoms with Gasteiger partial charge in [0.25, 0.3) is 0 Å². The van der Waals surface area contributed by atoms with Crippen molar-refractivity contribution in [3.8, 4) is 5.75 Å². The van der Waals surface area contributed by atoms with Crippen LogP contribution in [-0.4, -0.2) is 50.3 Å². The Morgan fingerprint density at radius 1 is 1.26 bits per heavy atom. The Morgan fingerprint density at radius 2 is 2.09 bits per heavy atom. The normalized spacial score (nSPS) is 27.3. The van der Waals surface area contributed by atoms with E-state index in [4.69, 9.17) is 9.47 Å². The number of hydrogen-bond acceptors (Lipinski definition) is 4. The molecule has 2 fully saturated rings. The molecular formula is C18H24N2O3. The standard InChI is InChI=1S/C18H24N2O3/c1-22-17-6-13-4-2-3-12(13)5-14(17)7-20-8-15-10-23-11-16(9-20)19-18(15)21/h5-6,15-16H,2-4,7-11H2,1H3,(H,19,21)/t15-,16+/m1/s1. The summed E-state index contributed by atoms with van der Waals surface area (Å²) < 4.78 is 11.2. The molecule has 0 spiro atoms. The molecule has 1 amide bonds. The first-order valence-corrected chi connectivity index (χ1v) is 8.52. The molecule has 0 saturated carbocycles. The molecule has 1 N–H and O–H groups in total. The van der Waals surface area contributed by atoms with E-state index in [2.05, 4.69) is 22.3 Å². The maximum Gasteiger partial charge on any atom is 0.227 e. The van der Waals surface area contributed by atoms with Crippen molar-refractivity contribution in [1.82, 2.24) is 10.2 Å². The van der Waals surface area contributed by atoms with Gasteiger partial charge in [-0.1, -0.05) is 6.07 Å². The van der Waals surface area contributed by atoms with Crippen LogP contribution in [0.3, 0.4) is 0 Å². The van der Waals surface area contributed by atoms with Crippen LogP contribution in [0.5, 0.6) is 5.75 Å². The van der Waals surface area contributed by atoms with Gasteiger partial charge in [-0.05, 0) is 36.5 Å². The van der Waals surface area contributed by atoms with Gasteiger partial charge in [0.1, 0.15) is 5.75 Å². The first-order valence-electron chi connectivity index (χ1n) is 8.52. The molecule has 0 aromatic heterocycles. The van der Waals surface area contributed by atoms with Crippen LogP contribution in [-0.2, 0) is 28.9 Å². The lowest BCUT2D eigenvalue weighted by molar-refractivity contribution is -0.125. The fraction of sp³-hybridized carbons (Fsp3) is 0.611. The van der Waals surface area contributed by atoms with E-state index in [1.54, 1.807) is 7.11 Å². The van der Waals surface area contributed by atoms with Crippen molar-refractivity contribution in [2.45, 2.75) is 31.8 Å². The Labute approximate surface area is 136 Å². The Morgan fingerprint density at radius 3 is 2.91 bits per heavy atom. The van der Waals surface area contributed by atoms with Gasteiger partial charge in [-0.2, -0.15) is 0 Å². The highest BCUT2D eigenvalue weighted by molar-refractivity contribution is 5.80. The van der Waals surface area contributed by atoms with Crippen LogP contribution >= 0.6 is 0 Å². The summed E-state index contributed by atoms with van der Waals surface area (Å²) >= 11 is 0. The largest absolute Gasteiger partial charge is 0.496 e. The molecule has 5 nitrogen and oxygen atoms in total. The number of carbonyl (C=O) groups excluding carboxylic acids is 1. The summed E-state index contributed by atoms with van der Waals surface area (Å²) in [6.45, 7) is 3.56. The van der Waals surface area contributed by atoms with E-state index in [1.165, 1.54) is 29.5 Å². The number of amides is 1. The van der Waals surface area contributed by atoms with Crippen LogP contribution in [0.4, 0.5) is 0 Å². The van der Waals surface area contributed by atoms with E-state index in [0.29, 0.717) is 13.2 Å². The highest BCUT2D eigenvalue weighted by atomic mass is 16.5. The Bertz CT molecular complexity index is 617. The molecule has 2 saturated heterocycles. The van der Waals surface area contributed by atoms with Gasteiger partial charge in [-0.3, -0.25) is 9.69 Å². The lowest BCUT2D eigenvalue weighted by atomic mass is 10.0. The summed E-state index contributed by atoms with van der Waals surface area (Å²) in [6, 6.07) is 4.62. The zero-order valence-electron chi connectivity index (χ0n) is 13.6. The molecule has 1 aromatic carbocycles. The van der Waals surface area contributed by atoms with Gasteiger partial charge in [0.15, 0.2) is 0 Å². The molecule has 3 aliphatic rings. The lowest BCUT2D eigenvalue weighted by Crippen LogP contribution is -2.41. The van der Waals surface area contributed by atoms with Crippen molar-refractivity contribution in [3.63, 3.8) is 0 Å². The number of aryl methyl sites for hydroxylation is 2. The lowest BCUT2D eigenvalue weighted by Gasteiger charge is -2.28. The predicted octanol–water partition coefficient (Wildman–Crippen LogP) is 1.13. The number of methoxy groups -OCH3 is 1. The molecule has 2 aliphatic heterocycles. The third-order valence-corrected chi connectivity index (χ3v) is 5.20. The van der Waals surface area contributed by atoms with E-state index in [0.717, 1.165) is 31.8 Å². The van der Waals surface area contributed by atoms with Crippen LogP contribution in [0, 0.1) is 5.92 Å². The number of nitrogens with one attached hydrogen (secondary N) is 1. The predicted molar refractivity (Wildman–Crippen MR) is 86.5 cm³/mol. The topological polar surface area (TPSA) is 50.8 Å². The van der Waals surface area contributed by atoms with Crippen LogP contribution in [0.15, 0.2) is 12.1 Å². The van der Waals surface area contributed by atoms with Gasteiger partial charge in [0, 0.05) is 25.2 Å². The van der Waals surface area contributed by atoms with Crippen LogP contribution in [0.25, 0.3) is 0 Å². The van der Waals surface area contributed by atoms with Crippen molar-refractivity contribution in [2.75, 3.05) is 33.4 Å². The van der Waals surface area contributed by atoms with Crippen molar-refractivity contribution in [2.24, 2.45) is 5.92 Å². The zero-order valence-corrected chi connectivity index (χ0v) is 13.6. The number of nitrogens with zero attached hydrogens (tertiary/aromatic N) is 1.